The molecule has 20 heavy (non-hydrogen) atoms. The summed E-state index contributed by atoms with van der Waals surface area (Å²) in [5.41, 5.74) is 0.962. The number of rotatable bonds is 3. The maximum atomic E-state index is 5.43. The highest BCUT2D eigenvalue weighted by molar-refractivity contribution is 5.52. The summed E-state index contributed by atoms with van der Waals surface area (Å²) in [6.45, 7) is 3.73. The normalized spacial score (nSPS) is 28.7. The molecule has 0 N–H and O–H groups in total. The standard InChI is InChI=1S/C15H18N4O/c1-5-16-6-2-12(1)15-17-14(20-18-15)9-13-10-19-7-3-11(13)4-8-19/h1-2,5-6,11,13H,3-4,7-10H2. The van der Waals surface area contributed by atoms with Crippen LogP contribution >= 0.6 is 0 Å². The third kappa shape index (κ3) is 2.22. The Morgan fingerprint density at radius 2 is 2.00 bits per heavy atom. The van der Waals surface area contributed by atoms with Crippen molar-refractivity contribution < 1.29 is 4.52 Å². The predicted octanol–water partition coefficient (Wildman–Crippen LogP) is 2.02. The number of pyridine rings is 1. The summed E-state index contributed by atoms with van der Waals surface area (Å²) < 4.78 is 5.43. The Kier molecular flexibility index (Phi) is 2.99. The van der Waals surface area contributed by atoms with E-state index in [2.05, 4.69) is 20.0 Å². The molecule has 2 aromatic rings. The molecule has 3 aliphatic rings. The van der Waals surface area contributed by atoms with Crippen LogP contribution in [-0.4, -0.2) is 39.7 Å². The number of nitrogens with zero attached hydrogens (tertiary/aromatic N) is 4. The maximum Gasteiger partial charge on any atom is 0.227 e. The molecule has 0 spiro atoms. The fraction of sp³-hybridized carbons (Fsp3) is 0.533. The van der Waals surface area contributed by atoms with Crippen LogP contribution in [0.2, 0.25) is 0 Å². The van der Waals surface area contributed by atoms with Crippen LogP contribution in [0.4, 0.5) is 0 Å². The number of fused-ring (bicyclic) bond motifs is 3. The Bertz CT molecular complexity index is 575. The van der Waals surface area contributed by atoms with Gasteiger partial charge in [0, 0.05) is 30.9 Å². The molecule has 0 amide bonds. The van der Waals surface area contributed by atoms with Gasteiger partial charge in [-0.2, -0.15) is 4.98 Å². The van der Waals surface area contributed by atoms with Gasteiger partial charge in [0.2, 0.25) is 11.7 Å². The second-order valence-corrected chi connectivity index (χ2v) is 5.85. The SMILES string of the molecule is c1cc(-c2noc(CC3CN4CCC3CC4)n2)ccn1. The first-order chi connectivity index (χ1) is 9.88. The molecule has 0 saturated carbocycles. The quantitative estimate of drug-likeness (QED) is 0.854. The third-order valence-electron chi connectivity index (χ3n) is 4.64. The van der Waals surface area contributed by atoms with Gasteiger partial charge in [-0.25, -0.2) is 0 Å². The molecule has 2 aromatic heterocycles. The lowest BCUT2D eigenvalue weighted by Gasteiger charge is -2.44. The van der Waals surface area contributed by atoms with Crippen molar-refractivity contribution in [3.8, 4) is 11.4 Å². The minimum absolute atomic E-state index is 0.670. The van der Waals surface area contributed by atoms with Crippen LogP contribution in [0.1, 0.15) is 18.7 Å². The minimum atomic E-state index is 0.670. The molecule has 5 heterocycles. The molecule has 3 saturated heterocycles. The highest BCUT2D eigenvalue weighted by Crippen LogP contribution is 2.34. The van der Waals surface area contributed by atoms with Crippen molar-refractivity contribution in [3.63, 3.8) is 0 Å². The Labute approximate surface area is 118 Å². The molecule has 1 unspecified atom stereocenters. The monoisotopic (exact) mass is 270 g/mol. The number of hydrogen-bond donors (Lipinski definition) is 0. The Morgan fingerprint density at radius 1 is 1.20 bits per heavy atom. The highest BCUT2D eigenvalue weighted by atomic mass is 16.5. The zero-order valence-electron chi connectivity index (χ0n) is 11.4. The van der Waals surface area contributed by atoms with Crippen LogP contribution in [-0.2, 0) is 6.42 Å². The van der Waals surface area contributed by atoms with Crippen molar-refractivity contribution in [2.45, 2.75) is 19.3 Å². The van der Waals surface area contributed by atoms with Crippen LogP contribution in [0.3, 0.4) is 0 Å². The molecular formula is C15H18N4O. The lowest BCUT2D eigenvalue weighted by atomic mass is 9.77. The zero-order valence-corrected chi connectivity index (χ0v) is 11.4. The van der Waals surface area contributed by atoms with Gasteiger partial charge in [-0.05, 0) is 49.9 Å². The van der Waals surface area contributed by atoms with E-state index in [9.17, 15) is 0 Å². The zero-order chi connectivity index (χ0) is 13.4. The van der Waals surface area contributed by atoms with Crippen LogP contribution in [0.15, 0.2) is 29.0 Å². The van der Waals surface area contributed by atoms with Gasteiger partial charge in [-0.15, -0.1) is 0 Å². The van der Waals surface area contributed by atoms with Crippen LogP contribution in [0.25, 0.3) is 11.4 Å². The van der Waals surface area contributed by atoms with Crippen molar-refractivity contribution in [3.05, 3.63) is 30.4 Å². The number of aromatic nitrogens is 3. The summed E-state index contributed by atoms with van der Waals surface area (Å²) in [7, 11) is 0. The van der Waals surface area contributed by atoms with Gasteiger partial charge in [-0.3, -0.25) is 4.98 Å². The molecule has 0 radical (unpaired) electrons. The van der Waals surface area contributed by atoms with Gasteiger partial charge in [0.1, 0.15) is 0 Å². The average Bonchev–Trinajstić information content (AvgIpc) is 2.98. The van der Waals surface area contributed by atoms with Crippen molar-refractivity contribution in [2.75, 3.05) is 19.6 Å². The van der Waals surface area contributed by atoms with Crippen molar-refractivity contribution >= 4 is 0 Å². The molecule has 5 rings (SSSR count). The first-order valence-corrected chi connectivity index (χ1v) is 7.34. The van der Waals surface area contributed by atoms with E-state index in [4.69, 9.17) is 4.52 Å². The summed E-state index contributed by atoms with van der Waals surface area (Å²) in [5, 5.41) is 4.09. The van der Waals surface area contributed by atoms with E-state index in [0.29, 0.717) is 11.7 Å². The van der Waals surface area contributed by atoms with E-state index < -0.39 is 0 Å². The average molecular weight is 270 g/mol. The molecule has 5 heteroatoms. The molecule has 0 aromatic carbocycles. The van der Waals surface area contributed by atoms with Gasteiger partial charge in [0.15, 0.2) is 0 Å². The van der Waals surface area contributed by atoms with E-state index in [-0.39, 0.29) is 0 Å². The Balaban J connectivity index is 1.49. The lowest BCUT2D eigenvalue weighted by molar-refractivity contribution is 0.0473. The van der Waals surface area contributed by atoms with Gasteiger partial charge >= 0.3 is 0 Å². The summed E-state index contributed by atoms with van der Waals surface area (Å²) >= 11 is 0. The predicted molar refractivity (Wildman–Crippen MR) is 73.9 cm³/mol. The van der Waals surface area contributed by atoms with E-state index in [0.717, 1.165) is 23.8 Å². The maximum absolute atomic E-state index is 5.43. The van der Waals surface area contributed by atoms with Gasteiger partial charge < -0.3 is 9.42 Å². The van der Waals surface area contributed by atoms with E-state index in [1.165, 1.54) is 32.5 Å². The van der Waals surface area contributed by atoms with Crippen LogP contribution in [0.5, 0.6) is 0 Å². The topological polar surface area (TPSA) is 55.1 Å². The summed E-state index contributed by atoms with van der Waals surface area (Å²) in [6.07, 6.45) is 7.07. The summed E-state index contributed by atoms with van der Waals surface area (Å²) in [4.78, 5) is 11.1. The van der Waals surface area contributed by atoms with E-state index in [1.807, 2.05) is 12.1 Å². The van der Waals surface area contributed by atoms with Crippen molar-refractivity contribution in [1.82, 2.24) is 20.0 Å². The molecule has 3 fully saturated rings. The number of hydrogen-bond acceptors (Lipinski definition) is 5. The lowest BCUT2D eigenvalue weighted by Crippen LogP contribution is -2.48. The Morgan fingerprint density at radius 3 is 2.70 bits per heavy atom. The van der Waals surface area contributed by atoms with Crippen molar-refractivity contribution in [2.24, 2.45) is 11.8 Å². The third-order valence-corrected chi connectivity index (χ3v) is 4.64. The van der Waals surface area contributed by atoms with Crippen molar-refractivity contribution in [1.29, 1.82) is 0 Å². The van der Waals surface area contributed by atoms with Gasteiger partial charge in [0.05, 0.1) is 0 Å². The second-order valence-electron chi connectivity index (χ2n) is 5.85. The molecular weight excluding hydrogens is 252 g/mol. The fourth-order valence-electron chi connectivity index (χ4n) is 3.50. The fourth-order valence-corrected chi connectivity index (χ4v) is 3.50. The summed E-state index contributed by atoms with van der Waals surface area (Å²) in [5.74, 6) is 2.97. The van der Waals surface area contributed by atoms with E-state index in [1.54, 1.807) is 12.4 Å². The first-order valence-electron chi connectivity index (χ1n) is 7.34. The van der Waals surface area contributed by atoms with Crippen LogP contribution < -0.4 is 0 Å². The van der Waals surface area contributed by atoms with Gasteiger partial charge in [-0.1, -0.05) is 5.16 Å². The van der Waals surface area contributed by atoms with E-state index >= 15 is 0 Å². The van der Waals surface area contributed by atoms with Gasteiger partial charge in [0.25, 0.3) is 0 Å². The second kappa shape index (κ2) is 4.98. The highest BCUT2D eigenvalue weighted by Gasteiger charge is 2.34. The molecule has 2 bridgehead atoms. The number of piperidine rings is 3. The molecule has 0 aliphatic carbocycles. The van der Waals surface area contributed by atoms with Crippen LogP contribution in [0, 0.1) is 11.8 Å². The molecule has 1 atom stereocenters. The molecule has 5 nitrogen and oxygen atoms in total. The molecule has 3 aliphatic heterocycles. The first kappa shape index (κ1) is 12.0. The molecule has 104 valence electrons. The summed E-state index contributed by atoms with van der Waals surface area (Å²) in [6, 6.07) is 3.81. The Hall–Kier alpha value is -1.75. The largest absolute Gasteiger partial charge is 0.339 e. The minimum Gasteiger partial charge on any atom is -0.339 e. The smallest absolute Gasteiger partial charge is 0.227 e.